The Hall–Kier alpha value is -2.99. The summed E-state index contributed by atoms with van der Waals surface area (Å²) in [7, 11) is 0. The second-order valence-corrected chi connectivity index (χ2v) is 7.26. The Balaban J connectivity index is 3.48. The average Bonchev–Trinajstić information content (AvgIpc) is 2.62. The summed E-state index contributed by atoms with van der Waals surface area (Å²) in [5.74, 6) is -2.89. The molecule has 1 aliphatic rings. The Morgan fingerprint density at radius 2 is 1.38 bits per heavy atom. The predicted octanol–water partition coefficient (Wildman–Crippen LogP) is 0.886. The van der Waals surface area contributed by atoms with Crippen molar-refractivity contribution in [2.75, 3.05) is 6.61 Å². The largest absolute Gasteiger partial charge is 0.463 e. The minimum atomic E-state index is -1.43. The molecule has 0 amide bonds. The van der Waals surface area contributed by atoms with Gasteiger partial charge in [0.15, 0.2) is 12.2 Å². The van der Waals surface area contributed by atoms with Crippen molar-refractivity contribution in [2.45, 2.75) is 58.4 Å². The zero-order valence-electron chi connectivity index (χ0n) is 18.2. The third-order valence-corrected chi connectivity index (χ3v) is 4.01. The third-order valence-electron chi connectivity index (χ3n) is 3.79. The molecule has 178 valence electrons. The molecule has 2 N–H and O–H groups in total. The average molecular weight is 474 g/mol. The van der Waals surface area contributed by atoms with Gasteiger partial charge in [-0.15, -0.1) is 12.6 Å². The molecule has 0 saturated carbocycles. The van der Waals surface area contributed by atoms with Gasteiger partial charge in [-0.3, -0.25) is 19.2 Å². The van der Waals surface area contributed by atoms with Crippen molar-refractivity contribution in [3.05, 3.63) is 35.6 Å². The zero-order chi connectivity index (χ0) is 24.6. The Morgan fingerprint density at radius 1 is 0.875 bits per heavy atom. The van der Waals surface area contributed by atoms with Gasteiger partial charge in [0, 0.05) is 44.4 Å². The number of hydrogen-bond donors (Lipinski definition) is 2. The minimum Gasteiger partial charge on any atom is -0.463 e. The zero-order valence-corrected chi connectivity index (χ0v) is 19.1. The SMILES string of the molecule is C=C(N)/C=C(/O[C@@H]1O[C@H](COC(C)=O)[C@H](OC(C)=O)[C@H](OC(C)=O)[C@H]1OC(C)=O)C(=C)S. The summed E-state index contributed by atoms with van der Waals surface area (Å²) < 4.78 is 32.4. The second kappa shape index (κ2) is 12.2. The van der Waals surface area contributed by atoms with E-state index in [1.165, 1.54) is 13.0 Å². The molecule has 11 nitrogen and oxygen atoms in total. The number of carbonyl (C=O) groups excluding carboxylic acids is 4. The maximum absolute atomic E-state index is 11.8. The summed E-state index contributed by atoms with van der Waals surface area (Å²) in [5.41, 5.74) is 5.69. The van der Waals surface area contributed by atoms with E-state index in [0.717, 1.165) is 20.8 Å². The Bertz CT molecular complexity index is 808. The van der Waals surface area contributed by atoms with Crippen molar-refractivity contribution < 1.29 is 47.6 Å². The fourth-order valence-electron chi connectivity index (χ4n) is 2.76. The molecule has 1 saturated heterocycles. The maximum Gasteiger partial charge on any atom is 0.303 e. The molecule has 32 heavy (non-hydrogen) atoms. The lowest BCUT2D eigenvalue weighted by Gasteiger charge is -2.44. The van der Waals surface area contributed by atoms with Gasteiger partial charge in [0.2, 0.25) is 12.4 Å². The van der Waals surface area contributed by atoms with Crippen molar-refractivity contribution >= 4 is 36.5 Å². The maximum atomic E-state index is 11.8. The summed E-state index contributed by atoms with van der Waals surface area (Å²) in [6.45, 7) is 11.3. The first-order chi connectivity index (χ1) is 14.8. The van der Waals surface area contributed by atoms with Crippen LogP contribution in [0.5, 0.6) is 0 Å². The molecule has 0 aromatic rings. The van der Waals surface area contributed by atoms with Gasteiger partial charge < -0.3 is 34.2 Å². The van der Waals surface area contributed by atoms with Crippen molar-refractivity contribution in [2.24, 2.45) is 5.73 Å². The summed E-state index contributed by atoms with van der Waals surface area (Å²) in [5, 5.41) is 0. The van der Waals surface area contributed by atoms with Crippen LogP contribution in [0.1, 0.15) is 27.7 Å². The van der Waals surface area contributed by atoms with Crippen molar-refractivity contribution in [1.29, 1.82) is 0 Å². The number of rotatable bonds is 9. The van der Waals surface area contributed by atoms with Gasteiger partial charge >= 0.3 is 23.9 Å². The molecule has 0 spiro atoms. The lowest BCUT2D eigenvalue weighted by atomic mass is 9.98. The van der Waals surface area contributed by atoms with Crippen LogP contribution in [-0.2, 0) is 47.6 Å². The summed E-state index contributed by atoms with van der Waals surface area (Å²) in [6.07, 6.45) is -5.34. The minimum absolute atomic E-state index is 0.0155. The van der Waals surface area contributed by atoms with Crippen LogP contribution < -0.4 is 5.73 Å². The lowest BCUT2D eigenvalue weighted by Crippen LogP contribution is -2.62. The number of allylic oxidation sites excluding steroid dienone is 1. The van der Waals surface area contributed by atoms with Crippen LogP contribution in [0.2, 0.25) is 0 Å². The summed E-state index contributed by atoms with van der Waals surface area (Å²) in [4.78, 5) is 46.7. The van der Waals surface area contributed by atoms with E-state index in [9.17, 15) is 19.2 Å². The van der Waals surface area contributed by atoms with Gasteiger partial charge in [0.1, 0.15) is 18.5 Å². The number of ether oxygens (including phenoxy) is 6. The van der Waals surface area contributed by atoms with Gasteiger partial charge in [0.25, 0.3) is 0 Å². The Kier molecular flexibility index (Phi) is 10.3. The van der Waals surface area contributed by atoms with E-state index in [2.05, 4.69) is 25.8 Å². The highest BCUT2D eigenvalue weighted by Gasteiger charge is 2.53. The fraction of sp³-hybridized carbons (Fsp3) is 0.500. The molecule has 0 bridgehead atoms. The summed E-state index contributed by atoms with van der Waals surface area (Å²) >= 11 is 4.13. The molecule has 0 aromatic carbocycles. The van der Waals surface area contributed by atoms with Gasteiger partial charge in [-0.25, -0.2) is 0 Å². The molecular weight excluding hydrogens is 446 g/mol. The van der Waals surface area contributed by atoms with E-state index in [4.69, 9.17) is 34.2 Å². The molecular formula is C20H27NO10S. The normalized spacial score (nSPS) is 25.2. The van der Waals surface area contributed by atoms with Gasteiger partial charge in [-0.1, -0.05) is 13.2 Å². The molecule has 0 aliphatic carbocycles. The van der Waals surface area contributed by atoms with Crippen LogP contribution in [-0.4, -0.2) is 61.2 Å². The first-order valence-electron chi connectivity index (χ1n) is 9.33. The van der Waals surface area contributed by atoms with Gasteiger partial charge in [0.05, 0.1) is 0 Å². The molecule has 0 unspecified atom stereocenters. The van der Waals surface area contributed by atoms with Crippen LogP contribution in [0.25, 0.3) is 0 Å². The van der Waals surface area contributed by atoms with Crippen molar-refractivity contribution in [3.8, 4) is 0 Å². The highest BCUT2D eigenvalue weighted by Crippen LogP contribution is 2.32. The number of hydrogen-bond acceptors (Lipinski definition) is 12. The second-order valence-electron chi connectivity index (χ2n) is 6.72. The van der Waals surface area contributed by atoms with Gasteiger partial charge in [-0.2, -0.15) is 0 Å². The van der Waals surface area contributed by atoms with Crippen molar-refractivity contribution in [3.63, 3.8) is 0 Å². The monoisotopic (exact) mass is 473 g/mol. The van der Waals surface area contributed by atoms with Crippen LogP contribution in [0.3, 0.4) is 0 Å². The number of thiol groups is 1. The van der Waals surface area contributed by atoms with Crippen molar-refractivity contribution in [1.82, 2.24) is 0 Å². The number of nitrogens with two attached hydrogens (primary N) is 1. The fourth-order valence-corrected chi connectivity index (χ4v) is 2.88. The quantitative estimate of drug-likeness (QED) is 0.162. The van der Waals surface area contributed by atoms with Crippen LogP contribution in [0, 0.1) is 0 Å². The van der Waals surface area contributed by atoms with Crippen LogP contribution in [0.4, 0.5) is 0 Å². The van der Waals surface area contributed by atoms with Gasteiger partial charge in [-0.05, 0) is 0 Å². The van der Waals surface area contributed by atoms with E-state index in [0.29, 0.717) is 0 Å². The molecule has 1 aliphatic heterocycles. The standard InChI is InChI=1S/C20H27NO10S/c1-9(21)7-15(10(2)32)30-20-19(29-14(6)25)18(28-13(5)24)17(27-12(4)23)16(31-20)8-26-11(3)22/h7,16-20,32H,1-2,8,21H2,3-6H3/b15-7+/t16-,17+,18+,19-,20-/m1/s1. The lowest BCUT2D eigenvalue weighted by molar-refractivity contribution is -0.299. The smallest absolute Gasteiger partial charge is 0.303 e. The molecule has 12 heteroatoms. The van der Waals surface area contributed by atoms with E-state index in [1.807, 2.05) is 0 Å². The Labute approximate surface area is 190 Å². The molecule has 1 heterocycles. The predicted molar refractivity (Wildman–Crippen MR) is 113 cm³/mol. The molecule has 0 aromatic heterocycles. The van der Waals surface area contributed by atoms with Crippen LogP contribution in [0.15, 0.2) is 35.6 Å². The van der Waals surface area contributed by atoms with E-state index < -0.39 is 54.6 Å². The first-order valence-corrected chi connectivity index (χ1v) is 9.78. The molecule has 0 radical (unpaired) electrons. The first kappa shape index (κ1) is 27.0. The topological polar surface area (TPSA) is 150 Å². The molecule has 1 fully saturated rings. The van der Waals surface area contributed by atoms with E-state index in [-0.39, 0.29) is 23.0 Å². The third kappa shape index (κ3) is 8.63. The highest BCUT2D eigenvalue weighted by atomic mass is 32.1. The number of esters is 4. The highest BCUT2D eigenvalue weighted by molar-refractivity contribution is 7.84. The molecule has 5 atom stereocenters. The Morgan fingerprint density at radius 3 is 1.81 bits per heavy atom. The molecule has 1 rings (SSSR count). The van der Waals surface area contributed by atoms with E-state index >= 15 is 0 Å². The van der Waals surface area contributed by atoms with E-state index in [1.54, 1.807) is 0 Å². The van der Waals surface area contributed by atoms with Crippen LogP contribution >= 0.6 is 12.6 Å². The number of carbonyl (C=O) groups is 4. The summed E-state index contributed by atoms with van der Waals surface area (Å²) in [6, 6.07) is 0.